The minimum atomic E-state index is -0.182. The highest BCUT2D eigenvalue weighted by atomic mass is 79.9. The number of nitrogens with zero attached hydrogens (tertiary/aromatic N) is 1. The topological polar surface area (TPSA) is 88.6 Å². The zero-order valence-electron chi connectivity index (χ0n) is 11.5. The number of halogens is 2. The molecule has 0 radical (unpaired) electrons. The van der Waals surface area contributed by atoms with Crippen LogP contribution in [0, 0.1) is 5.92 Å². The van der Waals surface area contributed by atoms with Gasteiger partial charge in [0.1, 0.15) is 0 Å². The molecule has 1 unspecified atom stereocenters. The van der Waals surface area contributed by atoms with E-state index in [2.05, 4.69) is 21.2 Å². The lowest BCUT2D eigenvalue weighted by Gasteiger charge is -2.31. The van der Waals surface area contributed by atoms with Crippen LogP contribution in [0.25, 0.3) is 0 Å². The first-order valence-electron chi connectivity index (χ1n) is 6.63. The van der Waals surface area contributed by atoms with Gasteiger partial charge in [0.2, 0.25) is 11.7 Å². The first kappa shape index (κ1) is 18.0. The number of nitrogens with one attached hydrogen (secondary N) is 1. The van der Waals surface area contributed by atoms with Gasteiger partial charge in [-0.25, -0.2) is 0 Å². The van der Waals surface area contributed by atoms with Gasteiger partial charge in [0, 0.05) is 26.2 Å². The van der Waals surface area contributed by atoms with E-state index in [-0.39, 0.29) is 35.9 Å². The molecule has 2 amide bonds. The molecule has 0 aromatic carbocycles. The molecule has 1 aromatic heterocycles. The summed E-state index contributed by atoms with van der Waals surface area (Å²) < 4.78 is 5.82. The van der Waals surface area contributed by atoms with E-state index in [1.165, 1.54) is 6.26 Å². The van der Waals surface area contributed by atoms with Crippen LogP contribution in [0.2, 0.25) is 0 Å². The molecule has 3 N–H and O–H groups in total. The molecule has 21 heavy (non-hydrogen) atoms. The standard InChI is InChI=1S/C13H18BrN3O3.ClH/c14-10-3-7-20-11(10)13(19)17-6-1-2-9(8-17)12(18)16-5-4-15;/h3,7,9H,1-2,4-6,8,15H2,(H,16,18);1H. The third-order valence-electron chi connectivity index (χ3n) is 3.33. The van der Waals surface area contributed by atoms with Crippen LogP contribution < -0.4 is 11.1 Å². The molecular formula is C13H19BrClN3O3. The van der Waals surface area contributed by atoms with Crippen molar-refractivity contribution >= 4 is 40.2 Å². The third-order valence-corrected chi connectivity index (χ3v) is 3.96. The lowest BCUT2D eigenvalue weighted by molar-refractivity contribution is -0.126. The van der Waals surface area contributed by atoms with E-state index in [4.69, 9.17) is 10.2 Å². The van der Waals surface area contributed by atoms with Crippen LogP contribution in [-0.4, -0.2) is 42.9 Å². The fourth-order valence-electron chi connectivity index (χ4n) is 2.31. The quantitative estimate of drug-likeness (QED) is 0.826. The monoisotopic (exact) mass is 379 g/mol. The molecule has 2 rings (SSSR count). The highest BCUT2D eigenvalue weighted by Gasteiger charge is 2.30. The molecule has 0 aliphatic carbocycles. The molecule has 0 spiro atoms. The van der Waals surface area contributed by atoms with Gasteiger partial charge in [-0.1, -0.05) is 0 Å². The summed E-state index contributed by atoms with van der Waals surface area (Å²) in [5, 5.41) is 2.77. The Morgan fingerprint density at radius 3 is 2.90 bits per heavy atom. The second kappa shape index (κ2) is 8.41. The van der Waals surface area contributed by atoms with Crippen LogP contribution in [0.5, 0.6) is 0 Å². The van der Waals surface area contributed by atoms with E-state index in [1.807, 2.05) is 0 Å². The summed E-state index contributed by atoms with van der Waals surface area (Å²) in [4.78, 5) is 25.9. The van der Waals surface area contributed by atoms with Crippen molar-refractivity contribution in [1.82, 2.24) is 10.2 Å². The van der Waals surface area contributed by atoms with Crippen molar-refractivity contribution in [3.05, 3.63) is 22.6 Å². The fraction of sp³-hybridized carbons (Fsp3) is 0.538. The normalized spacial score (nSPS) is 18.0. The number of hydrogen-bond donors (Lipinski definition) is 2. The third kappa shape index (κ3) is 4.46. The molecule has 1 atom stereocenters. The number of nitrogens with two attached hydrogens (primary N) is 1. The van der Waals surface area contributed by atoms with Gasteiger partial charge in [0.05, 0.1) is 16.7 Å². The predicted molar refractivity (Wildman–Crippen MR) is 84.3 cm³/mol. The smallest absolute Gasteiger partial charge is 0.290 e. The average Bonchev–Trinajstić information content (AvgIpc) is 2.90. The molecule has 0 saturated carbocycles. The Balaban J connectivity index is 0.00000220. The number of likely N-dealkylation sites (tertiary alicyclic amines) is 1. The summed E-state index contributed by atoms with van der Waals surface area (Å²) in [5.41, 5.74) is 5.37. The second-order valence-electron chi connectivity index (χ2n) is 4.77. The number of furan rings is 1. The van der Waals surface area contributed by atoms with E-state index in [9.17, 15) is 9.59 Å². The van der Waals surface area contributed by atoms with Crippen LogP contribution in [0.1, 0.15) is 23.4 Å². The Bertz CT molecular complexity index is 495. The van der Waals surface area contributed by atoms with Crippen LogP contribution in [-0.2, 0) is 4.79 Å². The van der Waals surface area contributed by atoms with Crippen molar-refractivity contribution in [2.75, 3.05) is 26.2 Å². The summed E-state index contributed by atoms with van der Waals surface area (Å²) in [6.07, 6.45) is 3.07. The summed E-state index contributed by atoms with van der Waals surface area (Å²) in [5.74, 6) is -0.106. The number of hydrogen-bond acceptors (Lipinski definition) is 4. The largest absolute Gasteiger partial charge is 0.458 e. The van der Waals surface area contributed by atoms with Crippen molar-refractivity contribution in [2.24, 2.45) is 11.7 Å². The Labute approximate surface area is 137 Å². The maximum atomic E-state index is 12.3. The lowest BCUT2D eigenvalue weighted by Crippen LogP contribution is -2.46. The minimum absolute atomic E-state index is 0. The van der Waals surface area contributed by atoms with Crippen molar-refractivity contribution in [1.29, 1.82) is 0 Å². The van der Waals surface area contributed by atoms with Crippen molar-refractivity contribution < 1.29 is 14.0 Å². The second-order valence-corrected chi connectivity index (χ2v) is 5.62. The van der Waals surface area contributed by atoms with Gasteiger partial charge in [0.15, 0.2) is 0 Å². The SMILES string of the molecule is Cl.NCCNC(=O)C1CCCN(C(=O)c2occc2Br)C1. The van der Waals surface area contributed by atoms with Gasteiger partial charge in [-0.2, -0.15) is 0 Å². The van der Waals surface area contributed by atoms with Crippen molar-refractivity contribution in [2.45, 2.75) is 12.8 Å². The Morgan fingerprint density at radius 2 is 2.29 bits per heavy atom. The van der Waals surface area contributed by atoms with Crippen molar-refractivity contribution in [3.63, 3.8) is 0 Å². The highest BCUT2D eigenvalue weighted by Crippen LogP contribution is 2.23. The van der Waals surface area contributed by atoms with Crippen LogP contribution >= 0.6 is 28.3 Å². The molecule has 1 fully saturated rings. The molecule has 118 valence electrons. The van der Waals surface area contributed by atoms with E-state index >= 15 is 0 Å². The molecule has 1 saturated heterocycles. The molecule has 0 bridgehead atoms. The zero-order valence-corrected chi connectivity index (χ0v) is 13.9. The Hall–Kier alpha value is -1.05. The Morgan fingerprint density at radius 1 is 1.52 bits per heavy atom. The van der Waals surface area contributed by atoms with Gasteiger partial charge in [0.25, 0.3) is 5.91 Å². The number of carbonyl (C=O) groups excluding carboxylic acids is 2. The van der Waals surface area contributed by atoms with E-state index in [0.717, 1.165) is 12.8 Å². The van der Waals surface area contributed by atoms with E-state index in [1.54, 1.807) is 11.0 Å². The minimum Gasteiger partial charge on any atom is -0.458 e. The van der Waals surface area contributed by atoms with E-state index < -0.39 is 0 Å². The van der Waals surface area contributed by atoms with Gasteiger partial charge in [-0.15, -0.1) is 12.4 Å². The predicted octanol–water partition coefficient (Wildman–Crippen LogP) is 1.39. The average molecular weight is 381 g/mol. The molecule has 6 nitrogen and oxygen atoms in total. The number of piperidine rings is 1. The Kier molecular flexibility index (Phi) is 7.21. The first-order chi connectivity index (χ1) is 9.63. The van der Waals surface area contributed by atoms with Crippen LogP contribution in [0.15, 0.2) is 21.2 Å². The fourth-order valence-corrected chi connectivity index (χ4v) is 2.68. The maximum absolute atomic E-state index is 12.3. The lowest BCUT2D eigenvalue weighted by atomic mass is 9.97. The summed E-state index contributed by atoms with van der Waals surface area (Å²) >= 11 is 3.28. The van der Waals surface area contributed by atoms with Gasteiger partial charge in [-0.05, 0) is 34.8 Å². The first-order valence-corrected chi connectivity index (χ1v) is 7.43. The maximum Gasteiger partial charge on any atom is 0.290 e. The van der Waals surface area contributed by atoms with Gasteiger partial charge >= 0.3 is 0 Å². The molecule has 1 aliphatic heterocycles. The van der Waals surface area contributed by atoms with Gasteiger partial charge < -0.3 is 20.4 Å². The molecule has 2 heterocycles. The molecular weight excluding hydrogens is 362 g/mol. The molecule has 1 aromatic rings. The summed E-state index contributed by atoms with van der Waals surface area (Å²) in [7, 11) is 0. The zero-order chi connectivity index (χ0) is 14.5. The molecule has 1 aliphatic rings. The molecule has 8 heteroatoms. The van der Waals surface area contributed by atoms with Crippen LogP contribution in [0.4, 0.5) is 0 Å². The summed E-state index contributed by atoms with van der Waals surface area (Å²) in [6.45, 7) is 1.95. The highest BCUT2D eigenvalue weighted by molar-refractivity contribution is 9.10. The van der Waals surface area contributed by atoms with Gasteiger partial charge in [-0.3, -0.25) is 9.59 Å². The number of rotatable bonds is 4. The van der Waals surface area contributed by atoms with Crippen molar-refractivity contribution in [3.8, 4) is 0 Å². The number of carbonyl (C=O) groups is 2. The number of amides is 2. The van der Waals surface area contributed by atoms with Crippen LogP contribution in [0.3, 0.4) is 0 Å². The summed E-state index contributed by atoms with van der Waals surface area (Å²) in [6, 6.07) is 1.68. The van der Waals surface area contributed by atoms with E-state index in [0.29, 0.717) is 30.7 Å².